The Morgan fingerprint density at radius 2 is 2.07 bits per heavy atom. The highest BCUT2D eigenvalue weighted by Gasteiger charge is 2.51. The molecule has 1 saturated heterocycles. The van der Waals surface area contributed by atoms with Crippen LogP contribution in [0.1, 0.15) is 68.4 Å². The van der Waals surface area contributed by atoms with Crippen molar-refractivity contribution in [1.29, 1.82) is 0 Å². The summed E-state index contributed by atoms with van der Waals surface area (Å²) in [5.74, 6) is -0.102. The average molecular weight is 390 g/mol. The second-order valence-electron chi connectivity index (χ2n) is 7.84. The Morgan fingerprint density at radius 1 is 1.30 bits per heavy atom. The fourth-order valence-electron chi connectivity index (χ4n) is 4.86. The molecule has 7 heteroatoms. The largest absolute Gasteiger partial charge is 0.335 e. The van der Waals surface area contributed by atoms with Gasteiger partial charge in [-0.2, -0.15) is 0 Å². The molecule has 6 nitrogen and oxygen atoms in total. The van der Waals surface area contributed by atoms with Crippen molar-refractivity contribution < 1.29 is 14.4 Å². The Labute approximate surface area is 163 Å². The van der Waals surface area contributed by atoms with Crippen LogP contribution in [0.2, 0.25) is 0 Å². The average Bonchev–Trinajstić information content (AvgIpc) is 3.23. The maximum absolute atomic E-state index is 12.9. The molecule has 4 rings (SSSR count). The third-order valence-corrected chi connectivity index (χ3v) is 7.30. The van der Waals surface area contributed by atoms with E-state index >= 15 is 0 Å². The summed E-state index contributed by atoms with van der Waals surface area (Å²) in [7, 11) is 0. The quantitative estimate of drug-likeness (QED) is 0.804. The number of hydrogen-bond acceptors (Lipinski definition) is 4. The summed E-state index contributed by atoms with van der Waals surface area (Å²) >= 11 is 1.76. The van der Waals surface area contributed by atoms with Crippen molar-refractivity contribution in [2.45, 2.75) is 69.9 Å². The van der Waals surface area contributed by atoms with E-state index in [0.29, 0.717) is 12.8 Å². The molecule has 1 saturated carbocycles. The Kier molecular flexibility index (Phi) is 4.97. The maximum atomic E-state index is 12.9. The van der Waals surface area contributed by atoms with Crippen molar-refractivity contribution >= 4 is 29.2 Å². The van der Waals surface area contributed by atoms with Gasteiger partial charge in [-0.05, 0) is 42.7 Å². The lowest BCUT2D eigenvalue weighted by molar-refractivity contribution is -0.136. The lowest BCUT2D eigenvalue weighted by Gasteiger charge is -2.36. The highest BCUT2D eigenvalue weighted by Crippen LogP contribution is 2.36. The molecule has 1 N–H and O–H groups in total. The van der Waals surface area contributed by atoms with Crippen LogP contribution in [0.4, 0.5) is 4.79 Å². The Morgan fingerprint density at radius 3 is 2.81 bits per heavy atom. The molecule has 0 radical (unpaired) electrons. The minimum atomic E-state index is -0.707. The van der Waals surface area contributed by atoms with E-state index in [1.165, 1.54) is 15.3 Å². The van der Waals surface area contributed by atoms with Gasteiger partial charge in [-0.3, -0.25) is 14.5 Å². The van der Waals surface area contributed by atoms with Gasteiger partial charge in [0.1, 0.15) is 5.54 Å². The molecular formula is C20H27N3O3S. The predicted octanol–water partition coefficient (Wildman–Crippen LogP) is 3.23. The first-order chi connectivity index (χ1) is 13.1. The highest BCUT2D eigenvalue weighted by atomic mass is 32.1. The number of amides is 4. The first kappa shape index (κ1) is 18.5. The van der Waals surface area contributed by atoms with Crippen molar-refractivity contribution in [3.05, 3.63) is 21.9 Å². The summed E-state index contributed by atoms with van der Waals surface area (Å²) in [6.07, 6.45) is 6.44. The zero-order valence-corrected chi connectivity index (χ0v) is 16.6. The predicted molar refractivity (Wildman–Crippen MR) is 103 cm³/mol. The van der Waals surface area contributed by atoms with Gasteiger partial charge in [0.2, 0.25) is 5.91 Å². The lowest BCUT2D eigenvalue weighted by atomic mass is 9.82. The summed E-state index contributed by atoms with van der Waals surface area (Å²) in [5.41, 5.74) is 0.555. The monoisotopic (exact) mass is 389 g/mol. The molecule has 1 aromatic rings. The third-order valence-electron chi connectivity index (χ3n) is 6.30. The van der Waals surface area contributed by atoms with E-state index in [1.807, 2.05) is 4.90 Å². The molecule has 2 fully saturated rings. The van der Waals surface area contributed by atoms with Gasteiger partial charge in [-0.25, -0.2) is 4.79 Å². The van der Waals surface area contributed by atoms with Gasteiger partial charge in [0.25, 0.3) is 5.91 Å². The smallest absolute Gasteiger partial charge is 0.325 e. The van der Waals surface area contributed by atoms with Crippen LogP contribution in [0.15, 0.2) is 11.4 Å². The van der Waals surface area contributed by atoms with Crippen LogP contribution in [0.5, 0.6) is 0 Å². The number of carbonyl (C=O) groups is 3. The zero-order valence-electron chi connectivity index (χ0n) is 15.8. The highest BCUT2D eigenvalue weighted by molar-refractivity contribution is 7.10. The SMILES string of the molecule is CCC1c2ccsc2CCN1C(=O)CCN1C(=O)NC2(CCCCC2)C1=O. The van der Waals surface area contributed by atoms with E-state index in [4.69, 9.17) is 0 Å². The fourth-order valence-corrected chi connectivity index (χ4v) is 5.79. The number of fused-ring (bicyclic) bond motifs is 1. The molecule has 2 aliphatic heterocycles. The number of hydrogen-bond donors (Lipinski definition) is 1. The lowest BCUT2D eigenvalue weighted by Crippen LogP contribution is -2.48. The second-order valence-corrected chi connectivity index (χ2v) is 8.84. The Bertz CT molecular complexity index is 753. The molecule has 0 bridgehead atoms. The number of imide groups is 1. The van der Waals surface area contributed by atoms with Crippen molar-refractivity contribution in [2.75, 3.05) is 13.1 Å². The number of nitrogens with one attached hydrogen (secondary N) is 1. The number of nitrogens with zero attached hydrogens (tertiary/aromatic N) is 2. The minimum Gasteiger partial charge on any atom is -0.335 e. The number of thiophene rings is 1. The summed E-state index contributed by atoms with van der Waals surface area (Å²) in [4.78, 5) is 42.7. The van der Waals surface area contributed by atoms with E-state index < -0.39 is 5.54 Å². The molecule has 1 atom stereocenters. The summed E-state index contributed by atoms with van der Waals surface area (Å²) in [6.45, 7) is 2.99. The maximum Gasteiger partial charge on any atom is 0.325 e. The molecule has 27 heavy (non-hydrogen) atoms. The van der Waals surface area contributed by atoms with Crippen LogP contribution in [-0.4, -0.2) is 46.3 Å². The fraction of sp³-hybridized carbons (Fsp3) is 0.650. The van der Waals surface area contributed by atoms with Crippen LogP contribution < -0.4 is 5.32 Å². The molecule has 3 aliphatic rings. The van der Waals surface area contributed by atoms with Crippen LogP contribution >= 0.6 is 11.3 Å². The number of carbonyl (C=O) groups excluding carboxylic acids is 3. The zero-order chi connectivity index (χ0) is 19.0. The van der Waals surface area contributed by atoms with Gasteiger partial charge >= 0.3 is 6.03 Å². The molecule has 0 aromatic carbocycles. The molecular weight excluding hydrogens is 362 g/mol. The van der Waals surface area contributed by atoms with Crippen molar-refractivity contribution in [1.82, 2.24) is 15.1 Å². The molecule has 1 aromatic heterocycles. The first-order valence-corrected chi connectivity index (χ1v) is 10.9. The second kappa shape index (κ2) is 7.26. The van der Waals surface area contributed by atoms with E-state index in [2.05, 4.69) is 23.7 Å². The Hall–Kier alpha value is -1.89. The standard InChI is InChI=1S/C20H27N3O3S/c1-2-15-14-8-13-27-16(14)6-11-22(15)17(24)7-12-23-18(25)20(21-19(23)26)9-4-3-5-10-20/h8,13,15H,2-7,9-12H2,1H3,(H,21,26). The Balaban J connectivity index is 1.41. The number of rotatable bonds is 4. The summed E-state index contributed by atoms with van der Waals surface area (Å²) in [5, 5.41) is 5.01. The first-order valence-electron chi connectivity index (χ1n) is 10.1. The molecule has 1 spiro atoms. The topological polar surface area (TPSA) is 69.7 Å². The molecule has 1 aliphatic carbocycles. The van der Waals surface area contributed by atoms with Gasteiger partial charge in [-0.15, -0.1) is 11.3 Å². The van der Waals surface area contributed by atoms with Crippen molar-refractivity contribution in [3.63, 3.8) is 0 Å². The minimum absolute atomic E-state index is 0.0314. The van der Waals surface area contributed by atoms with E-state index in [-0.39, 0.29) is 36.9 Å². The van der Waals surface area contributed by atoms with E-state index in [9.17, 15) is 14.4 Å². The van der Waals surface area contributed by atoms with Gasteiger partial charge in [-0.1, -0.05) is 26.2 Å². The molecule has 4 amide bonds. The molecule has 1 unspecified atom stereocenters. The van der Waals surface area contributed by atoms with Gasteiger partial charge < -0.3 is 10.2 Å². The number of urea groups is 1. The van der Waals surface area contributed by atoms with E-state index in [0.717, 1.165) is 38.6 Å². The third kappa shape index (κ3) is 3.16. The van der Waals surface area contributed by atoms with E-state index in [1.54, 1.807) is 11.3 Å². The van der Waals surface area contributed by atoms with Gasteiger partial charge in [0.15, 0.2) is 0 Å². The molecule has 3 heterocycles. The van der Waals surface area contributed by atoms with Crippen LogP contribution in [0, 0.1) is 0 Å². The van der Waals surface area contributed by atoms with Crippen molar-refractivity contribution in [3.8, 4) is 0 Å². The normalized spacial score (nSPS) is 24.3. The van der Waals surface area contributed by atoms with Crippen LogP contribution in [0.3, 0.4) is 0 Å². The van der Waals surface area contributed by atoms with Crippen LogP contribution in [-0.2, 0) is 16.0 Å². The summed E-state index contributed by atoms with van der Waals surface area (Å²) in [6, 6.07) is 1.90. The summed E-state index contributed by atoms with van der Waals surface area (Å²) < 4.78 is 0. The molecule has 146 valence electrons. The van der Waals surface area contributed by atoms with Crippen LogP contribution in [0.25, 0.3) is 0 Å². The van der Waals surface area contributed by atoms with Gasteiger partial charge in [0, 0.05) is 24.4 Å². The van der Waals surface area contributed by atoms with Crippen molar-refractivity contribution in [2.24, 2.45) is 0 Å². The van der Waals surface area contributed by atoms with Gasteiger partial charge in [0.05, 0.1) is 6.04 Å².